The van der Waals surface area contributed by atoms with Crippen molar-refractivity contribution in [2.75, 3.05) is 0 Å². The molecule has 0 bridgehead atoms. The predicted molar refractivity (Wildman–Crippen MR) is 64.3 cm³/mol. The molecule has 0 aliphatic rings. The van der Waals surface area contributed by atoms with Gasteiger partial charge in [-0.15, -0.1) is 12.4 Å². The van der Waals surface area contributed by atoms with E-state index in [1.807, 2.05) is 12.1 Å². The summed E-state index contributed by atoms with van der Waals surface area (Å²) in [5.41, 5.74) is 2.43. The minimum atomic E-state index is 0. The van der Waals surface area contributed by atoms with Crippen molar-refractivity contribution in [2.24, 2.45) is 0 Å². The molecule has 16 heavy (non-hydrogen) atoms. The van der Waals surface area contributed by atoms with E-state index in [1.165, 1.54) is 5.56 Å². The molecule has 0 amide bonds. The number of benzene rings is 1. The van der Waals surface area contributed by atoms with Gasteiger partial charge in [-0.1, -0.05) is 38.5 Å². The molecule has 0 aliphatic heterocycles. The summed E-state index contributed by atoms with van der Waals surface area (Å²) in [5.74, 6) is 0.750. The Morgan fingerprint density at radius 2 is 1.75 bits per heavy atom. The maximum absolute atomic E-state index is 8.25. The summed E-state index contributed by atoms with van der Waals surface area (Å²) < 4.78 is 13.0. The fourth-order valence-corrected chi connectivity index (χ4v) is 1.43. The van der Waals surface area contributed by atoms with E-state index < -0.39 is 0 Å². The zero-order valence-corrected chi connectivity index (χ0v) is 13.0. The van der Waals surface area contributed by atoms with Crippen LogP contribution in [0.3, 0.4) is 0 Å². The second-order valence-electron chi connectivity index (χ2n) is 4.33. The third kappa shape index (κ3) is 5.44. The van der Waals surface area contributed by atoms with Gasteiger partial charge in [-0.3, -0.25) is 0 Å². The molecule has 0 aromatic heterocycles. The van der Waals surface area contributed by atoms with Crippen LogP contribution in [0.25, 0.3) is 0 Å². The Morgan fingerprint density at radius 3 is 2.12 bits per heavy atom. The summed E-state index contributed by atoms with van der Waals surface area (Å²) in [5, 5.41) is 0. The van der Waals surface area contributed by atoms with Crippen LogP contribution in [-0.2, 0) is 29.1 Å². The molecule has 1 aromatic rings. The first kappa shape index (κ1) is 18.5. The quantitative estimate of drug-likeness (QED) is 0.729. The topological polar surface area (TPSA) is 26.3 Å². The average Bonchev–Trinajstić information content (AvgIpc) is 2.19. The molecule has 0 radical (unpaired) electrons. The molecular weight excluding hydrogens is 283 g/mol. The SMILES string of the molecule is Cc1ccc(OCl)c(C(C)(C)C)c1.Cl.[O]=[Ti]. The van der Waals surface area contributed by atoms with E-state index in [1.54, 1.807) is 0 Å². The van der Waals surface area contributed by atoms with Crippen LogP contribution in [0.4, 0.5) is 0 Å². The van der Waals surface area contributed by atoms with Crippen LogP contribution in [0.15, 0.2) is 18.2 Å². The van der Waals surface area contributed by atoms with Crippen molar-refractivity contribution in [3.63, 3.8) is 0 Å². The number of aryl methyl sites for hydroxylation is 1. The molecule has 2 nitrogen and oxygen atoms in total. The summed E-state index contributed by atoms with van der Waals surface area (Å²) in [7, 11) is 0. The van der Waals surface area contributed by atoms with Crippen molar-refractivity contribution in [1.82, 2.24) is 0 Å². The van der Waals surface area contributed by atoms with Gasteiger partial charge in [-0.05, 0) is 18.4 Å². The maximum atomic E-state index is 8.25. The first-order valence-electron chi connectivity index (χ1n) is 4.55. The van der Waals surface area contributed by atoms with E-state index in [4.69, 9.17) is 19.5 Å². The van der Waals surface area contributed by atoms with Crippen LogP contribution in [0.1, 0.15) is 31.9 Å². The summed E-state index contributed by atoms with van der Waals surface area (Å²) in [4.78, 5) is 0. The Balaban J connectivity index is 0. The molecule has 90 valence electrons. The van der Waals surface area contributed by atoms with Crippen molar-refractivity contribution < 1.29 is 28.0 Å². The third-order valence-corrected chi connectivity index (χ3v) is 2.19. The molecule has 0 aliphatic carbocycles. The zero-order valence-electron chi connectivity index (χ0n) is 9.83. The van der Waals surface area contributed by atoms with Crippen LogP contribution in [0.5, 0.6) is 5.75 Å². The molecule has 0 N–H and O–H groups in total. The van der Waals surface area contributed by atoms with E-state index in [9.17, 15) is 0 Å². The van der Waals surface area contributed by atoms with E-state index >= 15 is 0 Å². The van der Waals surface area contributed by atoms with Gasteiger partial charge in [0.05, 0.1) is 0 Å². The van der Waals surface area contributed by atoms with Crippen LogP contribution in [0.2, 0.25) is 0 Å². The van der Waals surface area contributed by atoms with Gasteiger partial charge in [0.2, 0.25) is 0 Å². The summed E-state index contributed by atoms with van der Waals surface area (Å²) in [6.07, 6.45) is 0. The van der Waals surface area contributed by atoms with Crippen LogP contribution < -0.4 is 4.29 Å². The fourth-order valence-electron chi connectivity index (χ4n) is 1.30. The average molecular weight is 299 g/mol. The van der Waals surface area contributed by atoms with Crippen molar-refractivity contribution >= 4 is 24.3 Å². The van der Waals surface area contributed by atoms with E-state index in [2.05, 4.69) is 33.8 Å². The normalized spacial score (nSPS) is 9.50. The van der Waals surface area contributed by atoms with Gasteiger partial charge in [0, 0.05) is 5.56 Å². The Kier molecular flexibility index (Phi) is 9.52. The number of halogens is 2. The van der Waals surface area contributed by atoms with Gasteiger partial charge in [-0.2, -0.15) is 0 Å². The van der Waals surface area contributed by atoms with Crippen LogP contribution >= 0.6 is 24.3 Å². The van der Waals surface area contributed by atoms with Gasteiger partial charge in [0.1, 0.15) is 17.6 Å². The molecule has 0 saturated heterocycles. The first-order valence-corrected chi connectivity index (χ1v) is 5.50. The van der Waals surface area contributed by atoms with Gasteiger partial charge < -0.3 is 4.29 Å². The van der Waals surface area contributed by atoms with Crippen molar-refractivity contribution in [3.05, 3.63) is 29.3 Å². The van der Waals surface area contributed by atoms with Crippen molar-refractivity contribution in [1.29, 1.82) is 0 Å². The van der Waals surface area contributed by atoms with E-state index in [0.717, 1.165) is 31.7 Å². The molecule has 0 heterocycles. The minimum absolute atomic E-state index is 0. The molecule has 1 aromatic carbocycles. The van der Waals surface area contributed by atoms with Gasteiger partial charge >= 0.3 is 23.7 Å². The molecule has 0 atom stereocenters. The van der Waals surface area contributed by atoms with E-state index in [0.29, 0.717) is 0 Å². The van der Waals surface area contributed by atoms with Crippen LogP contribution in [0, 0.1) is 6.92 Å². The molecule has 5 heteroatoms. The molecule has 0 saturated carbocycles. The summed E-state index contributed by atoms with van der Waals surface area (Å²) in [6.45, 7) is 8.48. The predicted octanol–water partition coefficient (Wildman–Crippen LogP) is 4.13. The molecule has 0 spiro atoms. The monoisotopic (exact) mass is 298 g/mol. The molecule has 0 fully saturated rings. The third-order valence-electron chi connectivity index (χ3n) is 2.03. The zero-order chi connectivity index (χ0) is 12.1. The van der Waals surface area contributed by atoms with Crippen molar-refractivity contribution in [3.8, 4) is 5.75 Å². The Morgan fingerprint density at radius 1 is 1.25 bits per heavy atom. The number of rotatable bonds is 1. The summed E-state index contributed by atoms with van der Waals surface area (Å²) >= 11 is 6.14. The number of hydrogen-bond donors (Lipinski definition) is 0. The Bertz CT molecular complexity index is 324. The second kappa shape index (κ2) is 8.24. The second-order valence-corrected chi connectivity index (χ2v) is 4.48. The Hall–Kier alpha value is 0.114. The summed E-state index contributed by atoms with van der Waals surface area (Å²) in [6, 6.07) is 6.01. The molecular formula is C11H16Cl2O2Ti. The van der Waals surface area contributed by atoms with Crippen molar-refractivity contribution in [2.45, 2.75) is 33.1 Å². The van der Waals surface area contributed by atoms with Gasteiger partial charge in [-0.25, -0.2) is 0 Å². The molecule has 1 rings (SSSR count). The first-order chi connectivity index (χ1) is 6.95. The Labute approximate surface area is 120 Å². The molecule has 0 unspecified atom stereocenters. The number of hydrogen-bond acceptors (Lipinski definition) is 2. The van der Waals surface area contributed by atoms with Gasteiger partial charge in [0.15, 0.2) is 0 Å². The van der Waals surface area contributed by atoms with Crippen LogP contribution in [-0.4, -0.2) is 0 Å². The van der Waals surface area contributed by atoms with E-state index in [-0.39, 0.29) is 17.8 Å². The fraction of sp³-hybridized carbons (Fsp3) is 0.455. The van der Waals surface area contributed by atoms with Gasteiger partial charge in [0.25, 0.3) is 0 Å². The standard InChI is InChI=1S/C11H15ClO.ClH.O.Ti/c1-8-5-6-10(13-12)9(7-8)11(2,3)4;;;/h5-7H,1-4H3;1H;;.